The predicted molar refractivity (Wildman–Crippen MR) is 90.6 cm³/mol. The number of hydrogen-bond donors (Lipinski definition) is 2. The highest BCUT2D eigenvalue weighted by atomic mass is 79.9. The molecule has 0 spiro atoms. The third-order valence-electron chi connectivity index (χ3n) is 3.56. The molecule has 0 saturated carbocycles. The molecular weight excluding hydrogens is 348 g/mol. The van der Waals surface area contributed by atoms with Crippen molar-refractivity contribution >= 4 is 27.7 Å². The SMILES string of the molecule is NNC(CSc1ccccc1Br)c1cccc2c1OCC2. The number of hydrazine groups is 1. The molecule has 0 fully saturated rings. The highest BCUT2D eigenvalue weighted by molar-refractivity contribution is 9.10. The number of fused-ring (bicyclic) bond motifs is 1. The van der Waals surface area contributed by atoms with Gasteiger partial charge in [0.25, 0.3) is 0 Å². The Morgan fingerprint density at radius 1 is 1.24 bits per heavy atom. The van der Waals surface area contributed by atoms with E-state index in [2.05, 4.69) is 51.7 Å². The smallest absolute Gasteiger partial charge is 0.127 e. The lowest BCUT2D eigenvalue weighted by Crippen LogP contribution is -2.30. The van der Waals surface area contributed by atoms with Crippen LogP contribution in [0.15, 0.2) is 51.8 Å². The third kappa shape index (κ3) is 3.26. The quantitative estimate of drug-likeness (QED) is 0.482. The Morgan fingerprint density at radius 2 is 2.10 bits per heavy atom. The fraction of sp³-hybridized carbons (Fsp3) is 0.250. The van der Waals surface area contributed by atoms with Gasteiger partial charge in [0.05, 0.1) is 12.6 Å². The first kappa shape index (κ1) is 14.9. The van der Waals surface area contributed by atoms with Crippen LogP contribution in [0, 0.1) is 0 Å². The Balaban J connectivity index is 1.77. The number of hydrogen-bond acceptors (Lipinski definition) is 4. The van der Waals surface area contributed by atoms with Crippen molar-refractivity contribution in [2.75, 3.05) is 12.4 Å². The minimum atomic E-state index is 0.0650. The number of benzene rings is 2. The molecule has 110 valence electrons. The molecule has 3 nitrogen and oxygen atoms in total. The summed E-state index contributed by atoms with van der Waals surface area (Å²) in [6.45, 7) is 0.765. The molecule has 2 aromatic rings. The summed E-state index contributed by atoms with van der Waals surface area (Å²) in [5.74, 6) is 7.62. The second-order valence-electron chi connectivity index (χ2n) is 4.89. The van der Waals surface area contributed by atoms with Gasteiger partial charge < -0.3 is 4.74 Å². The first-order chi connectivity index (χ1) is 10.3. The molecule has 1 atom stereocenters. The fourth-order valence-corrected chi connectivity index (χ4v) is 4.11. The molecule has 3 rings (SSSR count). The van der Waals surface area contributed by atoms with Crippen molar-refractivity contribution in [1.82, 2.24) is 5.43 Å². The second kappa shape index (κ2) is 6.83. The van der Waals surface area contributed by atoms with E-state index in [0.717, 1.165) is 34.6 Å². The van der Waals surface area contributed by atoms with Crippen molar-refractivity contribution in [3.63, 3.8) is 0 Å². The molecule has 2 aromatic carbocycles. The first-order valence-corrected chi connectivity index (χ1v) is 8.65. The van der Waals surface area contributed by atoms with Crippen LogP contribution in [0.2, 0.25) is 0 Å². The van der Waals surface area contributed by atoms with E-state index in [1.54, 1.807) is 11.8 Å². The topological polar surface area (TPSA) is 47.3 Å². The maximum Gasteiger partial charge on any atom is 0.127 e. The number of rotatable bonds is 5. The molecule has 0 aliphatic carbocycles. The van der Waals surface area contributed by atoms with Gasteiger partial charge in [-0.2, -0.15) is 0 Å². The van der Waals surface area contributed by atoms with Crippen molar-refractivity contribution < 1.29 is 4.74 Å². The van der Waals surface area contributed by atoms with E-state index >= 15 is 0 Å². The van der Waals surface area contributed by atoms with Gasteiger partial charge in [0.1, 0.15) is 5.75 Å². The van der Waals surface area contributed by atoms with Crippen LogP contribution in [0.3, 0.4) is 0 Å². The summed E-state index contributed by atoms with van der Waals surface area (Å²) in [5, 5.41) is 0. The highest BCUT2D eigenvalue weighted by Gasteiger charge is 2.21. The zero-order valence-electron chi connectivity index (χ0n) is 11.5. The molecule has 21 heavy (non-hydrogen) atoms. The maximum atomic E-state index is 5.77. The number of nitrogens with one attached hydrogen (secondary N) is 1. The van der Waals surface area contributed by atoms with Gasteiger partial charge >= 0.3 is 0 Å². The summed E-state index contributed by atoms with van der Waals surface area (Å²) in [7, 11) is 0. The minimum absolute atomic E-state index is 0.0650. The Morgan fingerprint density at radius 3 is 2.90 bits per heavy atom. The van der Waals surface area contributed by atoms with Crippen molar-refractivity contribution in [3.8, 4) is 5.75 Å². The average molecular weight is 365 g/mol. The lowest BCUT2D eigenvalue weighted by molar-refractivity contribution is 0.350. The van der Waals surface area contributed by atoms with Gasteiger partial charge in [-0.3, -0.25) is 11.3 Å². The van der Waals surface area contributed by atoms with Gasteiger partial charge in [-0.1, -0.05) is 30.3 Å². The molecule has 0 bridgehead atoms. The average Bonchev–Trinajstić information content (AvgIpc) is 2.98. The molecule has 5 heteroatoms. The number of thioether (sulfide) groups is 1. The van der Waals surface area contributed by atoms with Crippen LogP contribution in [0.4, 0.5) is 0 Å². The second-order valence-corrected chi connectivity index (χ2v) is 6.81. The van der Waals surface area contributed by atoms with Crippen LogP contribution < -0.4 is 16.0 Å². The van der Waals surface area contributed by atoms with Gasteiger partial charge in [-0.05, 0) is 33.6 Å². The summed E-state index contributed by atoms with van der Waals surface area (Å²) in [4.78, 5) is 1.21. The van der Waals surface area contributed by atoms with Crippen LogP contribution in [0.5, 0.6) is 5.75 Å². The van der Waals surface area contributed by atoms with Gasteiger partial charge in [0, 0.05) is 27.1 Å². The van der Waals surface area contributed by atoms with Crippen molar-refractivity contribution in [1.29, 1.82) is 0 Å². The summed E-state index contributed by atoms with van der Waals surface area (Å²) < 4.78 is 6.89. The summed E-state index contributed by atoms with van der Waals surface area (Å²) in [6, 6.07) is 14.6. The lowest BCUT2D eigenvalue weighted by Gasteiger charge is -2.19. The van der Waals surface area contributed by atoms with Gasteiger partial charge in [0.15, 0.2) is 0 Å². The lowest BCUT2D eigenvalue weighted by atomic mass is 10.0. The molecule has 0 radical (unpaired) electrons. The van der Waals surface area contributed by atoms with E-state index in [-0.39, 0.29) is 6.04 Å². The summed E-state index contributed by atoms with van der Waals surface area (Å²) in [5.41, 5.74) is 5.34. The molecule has 1 unspecified atom stereocenters. The molecule has 0 amide bonds. The summed E-state index contributed by atoms with van der Waals surface area (Å²) >= 11 is 5.35. The number of nitrogens with two attached hydrogens (primary N) is 1. The van der Waals surface area contributed by atoms with Crippen molar-refractivity contribution in [2.45, 2.75) is 17.4 Å². The molecular formula is C16H17BrN2OS. The van der Waals surface area contributed by atoms with E-state index in [1.807, 2.05) is 12.1 Å². The molecule has 0 saturated heterocycles. The Labute approximate surface area is 137 Å². The van der Waals surface area contributed by atoms with Crippen LogP contribution in [-0.4, -0.2) is 12.4 Å². The number of halogens is 1. The monoisotopic (exact) mass is 364 g/mol. The van der Waals surface area contributed by atoms with E-state index in [0.29, 0.717) is 0 Å². The first-order valence-electron chi connectivity index (χ1n) is 6.87. The van der Waals surface area contributed by atoms with Crippen LogP contribution >= 0.6 is 27.7 Å². The van der Waals surface area contributed by atoms with Gasteiger partial charge in [-0.25, -0.2) is 0 Å². The van der Waals surface area contributed by atoms with Crippen molar-refractivity contribution in [2.24, 2.45) is 5.84 Å². The zero-order chi connectivity index (χ0) is 14.7. The van der Waals surface area contributed by atoms with Gasteiger partial charge in [-0.15, -0.1) is 11.8 Å². The van der Waals surface area contributed by atoms with Gasteiger partial charge in [0.2, 0.25) is 0 Å². The Bertz CT molecular complexity index is 635. The van der Waals surface area contributed by atoms with Crippen LogP contribution in [-0.2, 0) is 6.42 Å². The number of ether oxygens (including phenoxy) is 1. The molecule has 1 aliphatic rings. The largest absolute Gasteiger partial charge is 0.493 e. The molecule has 3 N–H and O–H groups in total. The molecule has 0 aromatic heterocycles. The maximum absolute atomic E-state index is 5.77. The third-order valence-corrected chi connectivity index (χ3v) is 5.68. The van der Waals surface area contributed by atoms with E-state index < -0.39 is 0 Å². The standard InChI is InChI=1S/C16H17BrN2OS/c17-13-6-1-2-7-15(13)21-10-14(19-18)12-5-3-4-11-8-9-20-16(11)12/h1-7,14,19H,8-10,18H2. The minimum Gasteiger partial charge on any atom is -0.493 e. The summed E-state index contributed by atoms with van der Waals surface area (Å²) in [6.07, 6.45) is 0.984. The molecule has 1 aliphatic heterocycles. The van der Waals surface area contributed by atoms with Crippen LogP contribution in [0.1, 0.15) is 17.2 Å². The normalized spacial score (nSPS) is 14.6. The zero-order valence-corrected chi connectivity index (χ0v) is 13.9. The Hall–Kier alpha value is -1.01. The highest BCUT2D eigenvalue weighted by Crippen LogP contribution is 2.36. The molecule has 1 heterocycles. The van der Waals surface area contributed by atoms with Crippen LogP contribution in [0.25, 0.3) is 0 Å². The Kier molecular flexibility index (Phi) is 4.85. The van der Waals surface area contributed by atoms with E-state index in [4.69, 9.17) is 10.6 Å². The predicted octanol–water partition coefficient (Wildman–Crippen LogP) is 3.68. The van der Waals surface area contributed by atoms with E-state index in [1.165, 1.54) is 10.5 Å². The van der Waals surface area contributed by atoms with Crippen molar-refractivity contribution in [3.05, 3.63) is 58.1 Å². The van der Waals surface area contributed by atoms with E-state index in [9.17, 15) is 0 Å². The fourth-order valence-electron chi connectivity index (χ4n) is 2.48. The number of para-hydroxylation sites is 1.